The van der Waals surface area contributed by atoms with E-state index in [1.807, 2.05) is 0 Å². The van der Waals surface area contributed by atoms with Crippen LogP contribution in [0.3, 0.4) is 0 Å². The van der Waals surface area contributed by atoms with Gasteiger partial charge in [-0.05, 0) is 124 Å². The normalized spacial score (nSPS) is 42.0. The van der Waals surface area contributed by atoms with E-state index in [1.165, 1.54) is 30.4 Å². The number of carbonyl (C=O) groups is 1. The van der Waals surface area contributed by atoms with Crippen LogP contribution in [0.25, 0.3) is 0 Å². The minimum absolute atomic E-state index is 0.0374. The first-order valence-electron chi connectivity index (χ1n) is 17.2. The van der Waals surface area contributed by atoms with Gasteiger partial charge in [-0.2, -0.15) is 0 Å². The summed E-state index contributed by atoms with van der Waals surface area (Å²) in [5, 5.41) is 18.3. The van der Waals surface area contributed by atoms with Crippen LogP contribution in [0.5, 0.6) is 0 Å². The summed E-state index contributed by atoms with van der Waals surface area (Å²) in [7, 11) is 2.22. The molecule has 2 N–H and O–H groups in total. The van der Waals surface area contributed by atoms with Crippen LogP contribution in [0.1, 0.15) is 97.5 Å². The molecule has 0 radical (unpaired) electrons. The number of rotatable bonds is 7. The molecule has 0 bridgehead atoms. The highest BCUT2D eigenvalue weighted by molar-refractivity contribution is 5.96. The van der Waals surface area contributed by atoms with Gasteiger partial charge in [0.1, 0.15) is 0 Å². The molecule has 3 saturated carbocycles. The Bertz CT molecular complexity index is 1230. The summed E-state index contributed by atoms with van der Waals surface area (Å²) in [5.41, 5.74) is 4.30. The molecule has 43 heavy (non-hydrogen) atoms. The van der Waals surface area contributed by atoms with Crippen LogP contribution < -0.4 is 5.32 Å². The highest BCUT2D eigenvalue weighted by Gasteiger charge is 2.58. The first kappa shape index (κ1) is 30.8. The predicted molar refractivity (Wildman–Crippen MR) is 173 cm³/mol. The van der Waals surface area contributed by atoms with Crippen molar-refractivity contribution in [2.45, 2.75) is 109 Å². The van der Waals surface area contributed by atoms with Crippen LogP contribution in [-0.4, -0.2) is 60.5 Å². The number of amides is 1. The lowest BCUT2D eigenvalue weighted by Gasteiger charge is -2.57. The number of carbonyl (C=O) groups excluding carboxylic acids is 1. The fraction of sp³-hybridized carbons (Fsp3) is 0.730. The second kappa shape index (κ2) is 12.0. The van der Waals surface area contributed by atoms with Crippen molar-refractivity contribution in [3.63, 3.8) is 0 Å². The van der Waals surface area contributed by atoms with Crippen molar-refractivity contribution in [1.82, 2.24) is 10.2 Å². The van der Waals surface area contributed by atoms with Gasteiger partial charge in [-0.15, -0.1) is 0 Å². The molecule has 1 heterocycles. The Hall–Kier alpha value is -2.18. The molecular formula is C37H55N3O3. The monoisotopic (exact) mass is 589 g/mol. The molecule has 236 valence electrons. The van der Waals surface area contributed by atoms with Crippen molar-refractivity contribution < 1.29 is 14.7 Å². The van der Waals surface area contributed by atoms with E-state index in [4.69, 9.17) is 4.84 Å². The molecule has 6 heteroatoms. The maximum atomic E-state index is 12.8. The van der Waals surface area contributed by atoms with Gasteiger partial charge < -0.3 is 20.2 Å². The van der Waals surface area contributed by atoms with Crippen LogP contribution in [0, 0.1) is 34.5 Å². The van der Waals surface area contributed by atoms with Gasteiger partial charge in [0.15, 0.2) is 6.61 Å². The lowest BCUT2D eigenvalue weighted by atomic mass is 9.47. The lowest BCUT2D eigenvalue weighted by molar-refractivity contribution is -0.125. The van der Waals surface area contributed by atoms with Gasteiger partial charge in [0.25, 0.3) is 5.91 Å². The molecule has 1 aromatic carbocycles. The second-order valence-electron chi connectivity index (χ2n) is 15.5. The first-order valence-corrected chi connectivity index (χ1v) is 17.2. The summed E-state index contributed by atoms with van der Waals surface area (Å²) in [6, 6.07) is 11.4. The SMILES string of the molecule is C[C@@H]1C[C@@](CCNC(=O)CON=C2C=C3CC[C@H]4[C@@H]5CC[C@H](O)[C@@]5(C)CC[C@@H]4[C@@]3(C)CC2)(c2ccccc2)[C@@H](C)CN1C. The van der Waals surface area contributed by atoms with Crippen molar-refractivity contribution >= 4 is 11.6 Å². The van der Waals surface area contributed by atoms with Gasteiger partial charge in [0.2, 0.25) is 0 Å². The Morgan fingerprint density at radius 2 is 1.86 bits per heavy atom. The molecule has 1 amide bonds. The van der Waals surface area contributed by atoms with Crippen LogP contribution in [0.2, 0.25) is 0 Å². The van der Waals surface area contributed by atoms with Crippen LogP contribution in [0.4, 0.5) is 0 Å². The number of nitrogens with zero attached hydrogens (tertiary/aromatic N) is 2. The third-order valence-electron chi connectivity index (χ3n) is 13.5. The van der Waals surface area contributed by atoms with E-state index >= 15 is 0 Å². The number of aliphatic hydroxyl groups excluding tert-OH is 1. The largest absolute Gasteiger partial charge is 0.393 e. The molecule has 6 nitrogen and oxygen atoms in total. The highest BCUT2D eigenvalue weighted by Crippen LogP contribution is 2.65. The summed E-state index contributed by atoms with van der Waals surface area (Å²) in [6.07, 6.45) is 13.1. The molecule has 0 spiro atoms. The molecule has 1 aromatic rings. The molecule has 4 aliphatic carbocycles. The number of aliphatic hydroxyl groups is 1. The fourth-order valence-corrected chi connectivity index (χ4v) is 10.6. The number of fused-ring (bicyclic) bond motifs is 5. The molecule has 9 atom stereocenters. The maximum Gasteiger partial charge on any atom is 0.260 e. The van der Waals surface area contributed by atoms with Crippen molar-refractivity contribution in [2.24, 2.45) is 39.7 Å². The highest BCUT2D eigenvalue weighted by atomic mass is 16.6. The number of oxime groups is 1. The number of likely N-dealkylation sites (tertiary alicyclic amines) is 1. The molecule has 0 aromatic heterocycles. The van der Waals surface area contributed by atoms with E-state index < -0.39 is 0 Å². The number of hydrogen-bond acceptors (Lipinski definition) is 5. The standard InChI is InChI=1S/C37H55N3O3/c1-25-23-40(5)26(2)22-37(25,27-9-7-6-8-10-27)19-20-38-34(42)24-43-39-29-15-17-35(3)28(21-29)11-12-30-31-13-14-33(41)36(31,4)18-16-32(30)35/h6-10,21,25-26,30-33,41H,11-20,22-24H2,1-5H3,(H,38,42)/t25-,26+,30-,31-,32-,33-,35-,36-,37+/m0/s1. The van der Waals surface area contributed by atoms with Crippen molar-refractivity contribution in [2.75, 3.05) is 26.7 Å². The van der Waals surface area contributed by atoms with Gasteiger partial charge >= 0.3 is 0 Å². The summed E-state index contributed by atoms with van der Waals surface area (Å²) >= 11 is 0. The quantitative estimate of drug-likeness (QED) is 0.357. The molecule has 1 saturated heterocycles. The summed E-state index contributed by atoms with van der Waals surface area (Å²) in [4.78, 5) is 20.9. The molecule has 5 aliphatic rings. The summed E-state index contributed by atoms with van der Waals surface area (Å²) < 4.78 is 0. The van der Waals surface area contributed by atoms with Crippen LogP contribution >= 0.6 is 0 Å². The number of hydrogen-bond donors (Lipinski definition) is 2. The third kappa shape index (κ3) is 5.49. The lowest BCUT2D eigenvalue weighted by Crippen LogP contribution is -2.52. The molecule has 0 unspecified atom stereocenters. The van der Waals surface area contributed by atoms with E-state index in [0.29, 0.717) is 30.3 Å². The average molecular weight is 590 g/mol. The van der Waals surface area contributed by atoms with Gasteiger partial charge in [-0.25, -0.2) is 0 Å². The number of benzene rings is 1. The topological polar surface area (TPSA) is 74.2 Å². The Morgan fingerprint density at radius 1 is 1.07 bits per heavy atom. The minimum atomic E-state index is -0.117. The smallest absolute Gasteiger partial charge is 0.260 e. The minimum Gasteiger partial charge on any atom is -0.393 e. The number of nitrogens with one attached hydrogen (secondary N) is 1. The Labute approximate surface area is 259 Å². The van der Waals surface area contributed by atoms with E-state index in [2.05, 4.69) is 86.5 Å². The predicted octanol–water partition coefficient (Wildman–Crippen LogP) is 6.49. The van der Waals surface area contributed by atoms with Gasteiger partial charge in [0.05, 0.1) is 11.8 Å². The summed E-state index contributed by atoms with van der Waals surface area (Å²) in [6.45, 7) is 11.2. The van der Waals surface area contributed by atoms with E-state index in [1.54, 1.807) is 0 Å². The maximum absolute atomic E-state index is 12.8. The Kier molecular flexibility index (Phi) is 8.58. The van der Waals surface area contributed by atoms with Crippen molar-refractivity contribution in [3.05, 3.63) is 47.5 Å². The zero-order chi connectivity index (χ0) is 30.4. The number of allylic oxidation sites excluding steroid dienone is 2. The van der Waals surface area contributed by atoms with Crippen molar-refractivity contribution in [3.8, 4) is 0 Å². The fourth-order valence-electron chi connectivity index (χ4n) is 10.6. The Balaban J connectivity index is 1.03. The zero-order valence-corrected chi connectivity index (χ0v) is 27.3. The van der Waals surface area contributed by atoms with E-state index in [-0.39, 0.29) is 34.9 Å². The average Bonchev–Trinajstić information content (AvgIpc) is 3.30. The van der Waals surface area contributed by atoms with E-state index in [0.717, 1.165) is 63.1 Å². The first-order chi connectivity index (χ1) is 20.6. The van der Waals surface area contributed by atoms with Gasteiger partial charge in [0, 0.05) is 24.5 Å². The zero-order valence-electron chi connectivity index (χ0n) is 27.3. The van der Waals surface area contributed by atoms with Crippen molar-refractivity contribution in [1.29, 1.82) is 0 Å². The second-order valence-corrected chi connectivity index (χ2v) is 15.5. The van der Waals surface area contributed by atoms with Crippen LogP contribution in [0.15, 0.2) is 47.1 Å². The molecule has 4 fully saturated rings. The van der Waals surface area contributed by atoms with Crippen LogP contribution in [-0.2, 0) is 15.0 Å². The van der Waals surface area contributed by atoms with E-state index in [9.17, 15) is 9.90 Å². The Morgan fingerprint density at radius 3 is 2.65 bits per heavy atom. The number of piperidine rings is 1. The third-order valence-corrected chi connectivity index (χ3v) is 13.5. The molecule has 1 aliphatic heterocycles. The molecular weight excluding hydrogens is 534 g/mol. The van der Waals surface area contributed by atoms with Gasteiger partial charge in [-0.1, -0.05) is 61.8 Å². The summed E-state index contributed by atoms with van der Waals surface area (Å²) in [5.74, 6) is 2.51. The van der Waals surface area contributed by atoms with Gasteiger partial charge in [-0.3, -0.25) is 4.79 Å². The molecule has 6 rings (SSSR count).